The first-order valence-corrected chi connectivity index (χ1v) is 16.4. The molecule has 0 radical (unpaired) electrons. The molecule has 50 heavy (non-hydrogen) atoms. The van der Waals surface area contributed by atoms with Crippen molar-refractivity contribution >= 4 is 40.0 Å². The minimum atomic E-state index is -2.80. The zero-order valence-corrected chi connectivity index (χ0v) is 27.3. The minimum Gasteiger partial charge on any atom is -0.496 e. The van der Waals surface area contributed by atoms with Crippen molar-refractivity contribution in [2.45, 2.75) is 43.7 Å². The fourth-order valence-corrected chi connectivity index (χ4v) is 7.71. The predicted octanol–water partition coefficient (Wildman–Crippen LogP) is 3.96. The maximum Gasteiger partial charge on any atom is 0.282 e. The van der Waals surface area contributed by atoms with Crippen molar-refractivity contribution in [2.75, 3.05) is 43.1 Å². The van der Waals surface area contributed by atoms with E-state index in [-0.39, 0.29) is 48.1 Å². The number of aryl methyl sites for hydroxylation is 1. The second-order valence-corrected chi connectivity index (χ2v) is 13.5. The first-order chi connectivity index (χ1) is 23.9. The molecule has 2 atom stereocenters. The van der Waals surface area contributed by atoms with Crippen LogP contribution >= 0.6 is 0 Å². The molecule has 14 heteroatoms. The number of ether oxygens (including phenoxy) is 1. The van der Waals surface area contributed by atoms with Crippen LogP contribution in [-0.4, -0.2) is 77.4 Å². The molecule has 2 aromatic carbocycles. The average molecular weight is 687 g/mol. The lowest BCUT2D eigenvalue weighted by atomic mass is 9.92. The number of nitrogens with zero attached hydrogens (tertiary/aromatic N) is 5. The number of aromatic nitrogens is 2. The van der Waals surface area contributed by atoms with E-state index in [4.69, 9.17) is 4.74 Å². The lowest BCUT2D eigenvalue weighted by Gasteiger charge is -2.39. The second kappa shape index (κ2) is 11.6. The number of rotatable bonds is 6. The number of carbonyl (C=O) groups excluding carboxylic acids is 3. The van der Waals surface area contributed by atoms with Crippen LogP contribution in [0.3, 0.4) is 0 Å². The molecule has 3 amide bonds. The van der Waals surface area contributed by atoms with Crippen LogP contribution in [0.25, 0.3) is 21.9 Å². The zero-order chi connectivity index (χ0) is 35.1. The first kappa shape index (κ1) is 31.8. The van der Waals surface area contributed by atoms with Gasteiger partial charge in [0.2, 0.25) is 11.8 Å². The lowest BCUT2D eigenvalue weighted by Crippen LogP contribution is -2.56. The van der Waals surface area contributed by atoms with E-state index in [1.165, 1.54) is 33.7 Å². The first-order valence-electron chi connectivity index (χ1n) is 16.4. The highest BCUT2D eigenvalue weighted by Gasteiger charge is 2.44. The Balaban J connectivity index is 1.06. The van der Waals surface area contributed by atoms with E-state index < -0.39 is 36.8 Å². The summed E-state index contributed by atoms with van der Waals surface area (Å²) in [6.07, 6.45) is 4.06. The predicted molar refractivity (Wildman–Crippen MR) is 178 cm³/mol. The van der Waals surface area contributed by atoms with Gasteiger partial charge in [-0.05, 0) is 54.3 Å². The quantitative estimate of drug-likeness (QED) is 0.303. The Labute approximate surface area is 284 Å². The van der Waals surface area contributed by atoms with E-state index >= 15 is 4.39 Å². The Hall–Kier alpha value is -5.40. The number of halogens is 3. The summed E-state index contributed by atoms with van der Waals surface area (Å²) in [4.78, 5) is 59.7. The van der Waals surface area contributed by atoms with E-state index in [1.807, 2.05) is 18.2 Å². The molecule has 1 N–H and O–H groups in total. The Morgan fingerprint density at radius 3 is 2.52 bits per heavy atom. The van der Waals surface area contributed by atoms with Gasteiger partial charge in [-0.15, -0.1) is 0 Å². The van der Waals surface area contributed by atoms with Crippen molar-refractivity contribution in [3.05, 3.63) is 81.7 Å². The van der Waals surface area contributed by atoms with Crippen LogP contribution in [0.4, 0.5) is 24.7 Å². The molecule has 8 rings (SSSR count). The highest BCUT2D eigenvalue weighted by Crippen LogP contribution is 2.42. The molecule has 258 valence electrons. The summed E-state index contributed by atoms with van der Waals surface area (Å²) < 4.78 is 50.6. The van der Waals surface area contributed by atoms with Gasteiger partial charge in [-0.25, -0.2) is 18.2 Å². The Bertz CT molecular complexity index is 2180. The van der Waals surface area contributed by atoms with Crippen molar-refractivity contribution < 1.29 is 32.3 Å². The molecular weight excluding hydrogens is 653 g/mol. The number of hydrogen-bond acceptors (Lipinski definition) is 8. The molecule has 4 aliphatic rings. The lowest BCUT2D eigenvalue weighted by molar-refractivity contribution is -0.136. The van der Waals surface area contributed by atoms with Crippen LogP contribution < -0.4 is 25.4 Å². The van der Waals surface area contributed by atoms with Crippen LogP contribution in [0.1, 0.15) is 46.7 Å². The second-order valence-electron chi connectivity index (χ2n) is 13.5. The molecule has 0 aliphatic carbocycles. The van der Waals surface area contributed by atoms with Gasteiger partial charge in [0, 0.05) is 79.2 Å². The molecule has 0 spiro atoms. The summed E-state index contributed by atoms with van der Waals surface area (Å²) in [7, 11) is 3.06. The van der Waals surface area contributed by atoms with E-state index in [0.29, 0.717) is 58.7 Å². The van der Waals surface area contributed by atoms with Crippen LogP contribution in [0.5, 0.6) is 5.75 Å². The minimum absolute atomic E-state index is 0.181. The van der Waals surface area contributed by atoms with Gasteiger partial charge in [-0.3, -0.25) is 24.5 Å². The van der Waals surface area contributed by atoms with Gasteiger partial charge in [-0.1, -0.05) is 6.07 Å². The standard InChI is InChI=1S/C36H33F3N6O5/c1-42-16-26(24-12-30(40-13-25(24)34(42)48)44-17-36(38,39)18-44)21-9-27(37)32(29(10-21)50-2)20-7-8-43(14-20)22-4-3-19-15-45(35(49)23(19)11-22)28-5-6-31(46)41-33(28)47/h3-4,9-13,16,20,28H,5-8,14-15,17-18H2,1-2H3,(H,41,46,47)/t20-,28+/m0/s1. The Morgan fingerprint density at radius 1 is 0.980 bits per heavy atom. The largest absolute Gasteiger partial charge is 0.496 e. The van der Waals surface area contributed by atoms with Crippen molar-refractivity contribution in [3.63, 3.8) is 0 Å². The highest BCUT2D eigenvalue weighted by atomic mass is 19.3. The fourth-order valence-electron chi connectivity index (χ4n) is 7.71. The van der Waals surface area contributed by atoms with Gasteiger partial charge in [-0.2, -0.15) is 0 Å². The number of piperidine rings is 1. The number of nitrogens with one attached hydrogen (secondary N) is 1. The molecule has 0 saturated carbocycles. The molecule has 11 nitrogen and oxygen atoms in total. The number of methoxy groups -OCH3 is 1. The molecular formula is C36H33F3N6O5. The van der Waals surface area contributed by atoms with Crippen LogP contribution in [0.2, 0.25) is 0 Å². The SMILES string of the molecule is COc1cc(-c2cn(C)c(=O)c3cnc(N4CC(F)(F)C4)cc23)cc(F)c1[C@H]1CCN(c2ccc3c(c2)C(=O)N([C@@H]2CCC(=O)NC2=O)C3)C1. The van der Waals surface area contributed by atoms with Crippen LogP contribution in [0, 0.1) is 5.82 Å². The summed E-state index contributed by atoms with van der Waals surface area (Å²) in [6, 6.07) is 9.66. The van der Waals surface area contributed by atoms with Gasteiger partial charge < -0.3 is 24.0 Å². The van der Waals surface area contributed by atoms with Gasteiger partial charge in [0.05, 0.1) is 25.6 Å². The van der Waals surface area contributed by atoms with Crippen molar-refractivity contribution in [2.24, 2.45) is 7.05 Å². The third-order valence-electron chi connectivity index (χ3n) is 10.3. The zero-order valence-electron chi connectivity index (χ0n) is 27.3. The molecule has 3 fully saturated rings. The average Bonchev–Trinajstić information content (AvgIpc) is 3.69. The fraction of sp³-hybridized carbons (Fsp3) is 0.361. The number of pyridine rings is 2. The van der Waals surface area contributed by atoms with Gasteiger partial charge in [0.1, 0.15) is 23.4 Å². The number of amides is 3. The summed E-state index contributed by atoms with van der Waals surface area (Å²) in [5.74, 6) is -3.91. The summed E-state index contributed by atoms with van der Waals surface area (Å²) in [6.45, 7) is 0.424. The van der Waals surface area contributed by atoms with Crippen molar-refractivity contribution in [1.29, 1.82) is 0 Å². The van der Waals surface area contributed by atoms with Gasteiger partial charge in [0.25, 0.3) is 17.4 Å². The molecule has 3 saturated heterocycles. The maximum atomic E-state index is 16.2. The number of benzene rings is 2. The molecule has 0 unspecified atom stereocenters. The smallest absolute Gasteiger partial charge is 0.282 e. The number of imide groups is 1. The molecule has 6 heterocycles. The topological polar surface area (TPSA) is 117 Å². The van der Waals surface area contributed by atoms with Crippen molar-refractivity contribution in [3.8, 4) is 16.9 Å². The van der Waals surface area contributed by atoms with E-state index in [1.54, 1.807) is 25.4 Å². The molecule has 4 aromatic rings. The number of alkyl halides is 2. The van der Waals surface area contributed by atoms with Gasteiger partial charge in [0.15, 0.2) is 0 Å². The summed E-state index contributed by atoms with van der Waals surface area (Å²) in [5, 5.41) is 3.07. The molecule has 2 aromatic heterocycles. The monoisotopic (exact) mass is 686 g/mol. The van der Waals surface area contributed by atoms with Crippen molar-refractivity contribution in [1.82, 2.24) is 19.8 Å². The third kappa shape index (κ3) is 5.24. The summed E-state index contributed by atoms with van der Waals surface area (Å²) in [5.41, 5.74) is 3.21. The number of anilines is 2. The maximum absolute atomic E-state index is 16.2. The van der Waals surface area contributed by atoms with E-state index in [9.17, 15) is 28.0 Å². The highest BCUT2D eigenvalue weighted by molar-refractivity contribution is 6.05. The number of carbonyl (C=O) groups is 3. The van der Waals surface area contributed by atoms with Gasteiger partial charge >= 0.3 is 0 Å². The molecule has 0 bridgehead atoms. The number of fused-ring (bicyclic) bond motifs is 2. The van der Waals surface area contributed by atoms with E-state index in [0.717, 1.165) is 11.3 Å². The Morgan fingerprint density at radius 2 is 1.78 bits per heavy atom. The van der Waals surface area contributed by atoms with E-state index in [2.05, 4.69) is 15.2 Å². The third-order valence-corrected chi connectivity index (χ3v) is 10.3. The van der Waals surface area contributed by atoms with Crippen LogP contribution in [-0.2, 0) is 23.2 Å². The normalized spacial score (nSPS) is 21.5. The van der Waals surface area contributed by atoms with Crippen LogP contribution in [0.15, 0.2) is 53.6 Å². The number of hydrogen-bond donors (Lipinski definition) is 1. The Kier molecular flexibility index (Phi) is 7.39. The summed E-state index contributed by atoms with van der Waals surface area (Å²) >= 11 is 0. The molecule has 4 aliphatic heterocycles.